The van der Waals surface area contributed by atoms with Gasteiger partial charge >= 0.3 is 0 Å². The van der Waals surface area contributed by atoms with Gasteiger partial charge in [-0.2, -0.15) is 0 Å². The van der Waals surface area contributed by atoms with E-state index in [1.54, 1.807) is 19.0 Å². The number of hydrogen-bond acceptors (Lipinski definition) is 1. The first-order valence-electron chi connectivity index (χ1n) is 1.84. The monoisotopic (exact) mass is 286 g/mol. The number of hydrogen-bond donors (Lipinski definition) is 0. The van der Waals surface area contributed by atoms with E-state index >= 15 is 0 Å². The summed E-state index contributed by atoms with van der Waals surface area (Å²) in [6, 6.07) is 0. The van der Waals surface area contributed by atoms with Crippen LogP contribution in [0.2, 0.25) is 0 Å². The van der Waals surface area contributed by atoms with Crippen molar-refractivity contribution in [1.82, 2.24) is 4.90 Å². The number of aliphatic imine (C=N–C) groups is 1. The van der Waals surface area contributed by atoms with Gasteiger partial charge in [-0.3, -0.25) is 0 Å². The van der Waals surface area contributed by atoms with Crippen molar-refractivity contribution in [2.24, 2.45) is 4.99 Å². The summed E-state index contributed by atoms with van der Waals surface area (Å²) in [5.74, 6) is 0. The van der Waals surface area contributed by atoms with Crippen LogP contribution in [0.25, 0.3) is 0 Å². The van der Waals surface area contributed by atoms with E-state index in [9.17, 15) is 4.79 Å². The third kappa shape index (κ3) is 9.26. The molecule has 0 unspecified atom stereocenters. The molecule has 4 heteroatoms. The Kier molecular flexibility index (Phi) is 9.12. The number of nitrogens with zero attached hydrogens (tertiary/aromatic N) is 2. The van der Waals surface area contributed by atoms with Crippen molar-refractivity contribution in [2.75, 3.05) is 14.1 Å². The molecule has 0 bridgehead atoms. The second-order valence-electron chi connectivity index (χ2n) is 1.30. The van der Waals surface area contributed by atoms with Gasteiger partial charge in [0.05, 0.1) is 6.41 Å². The quantitative estimate of drug-likeness (QED) is 0.394. The van der Waals surface area contributed by atoms with Gasteiger partial charge in [-0.05, 0) is 14.1 Å². The smallest absolute Gasteiger partial charge is 0.0907 e. The molecule has 0 atom stereocenters. The van der Waals surface area contributed by atoms with Crippen molar-refractivity contribution in [3.8, 4) is 0 Å². The zero-order valence-electron chi connectivity index (χ0n) is 4.76. The first kappa shape index (κ1) is 10.7. The van der Waals surface area contributed by atoms with E-state index in [-0.39, 0.29) is 20.4 Å². The molecule has 0 spiro atoms. The fourth-order valence-electron chi connectivity index (χ4n) is 0.139. The van der Waals surface area contributed by atoms with E-state index in [2.05, 4.69) is 4.99 Å². The van der Waals surface area contributed by atoms with E-state index in [0.717, 1.165) is 0 Å². The molecule has 0 fully saturated rings. The Morgan fingerprint density at radius 3 is 2.25 bits per heavy atom. The first-order valence-corrected chi connectivity index (χ1v) is 1.84. The minimum atomic E-state index is 0. The van der Waals surface area contributed by atoms with Crippen LogP contribution in [0, 0.1) is 0 Å². The van der Waals surface area contributed by atoms with Gasteiger partial charge in [-0.1, -0.05) is 6.34 Å². The Hall–Kier alpha value is -0.198. The van der Waals surface area contributed by atoms with Crippen LogP contribution in [0.1, 0.15) is 0 Å². The Morgan fingerprint density at radius 1 is 1.62 bits per heavy atom. The Labute approximate surface area is 62.4 Å². The Bertz CT molecular complexity index is 82.1. The summed E-state index contributed by atoms with van der Waals surface area (Å²) in [5, 5.41) is 0. The van der Waals surface area contributed by atoms with Crippen molar-refractivity contribution in [2.45, 2.75) is 0 Å². The number of rotatable bonds is 2. The Morgan fingerprint density at radius 2 is 2.12 bits per heavy atom. The molecule has 0 aromatic carbocycles. The fraction of sp³-hybridized carbons (Fsp3) is 0.500. The molecule has 47 valence electrons. The van der Waals surface area contributed by atoms with Crippen LogP contribution in [0.5, 0.6) is 0 Å². The molecule has 3 nitrogen and oxygen atoms in total. The van der Waals surface area contributed by atoms with Gasteiger partial charge in [-0.15, -0.1) is 0 Å². The van der Waals surface area contributed by atoms with Crippen LogP contribution in [-0.2, 0) is 25.2 Å². The van der Waals surface area contributed by atoms with E-state index in [4.69, 9.17) is 0 Å². The molecular formula is C4H7N2ORe-. The predicted molar refractivity (Wildman–Crippen MR) is 27.9 cm³/mol. The average molecular weight is 285 g/mol. The zero-order chi connectivity index (χ0) is 5.70. The summed E-state index contributed by atoms with van der Waals surface area (Å²) >= 11 is 0. The third-order valence-electron chi connectivity index (χ3n) is 0.341. The van der Waals surface area contributed by atoms with Crippen molar-refractivity contribution < 1.29 is 25.2 Å². The molecule has 0 N–H and O–H groups in total. The molecule has 0 saturated heterocycles. The zero-order valence-corrected chi connectivity index (χ0v) is 7.47. The summed E-state index contributed by atoms with van der Waals surface area (Å²) in [7, 11) is 3.56. The maximum absolute atomic E-state index is 9.36. The van der Waals surface area contributed by atoms with Gasteiger partial charge in [-0.25, -0.2) is 0 Å². The van der Waals surface area contributed by atoms with Gasteiger partial charge in [0.1, 0.15) is 0 Å². The molecule has 0 aromatic rings. The van der Waals surface area contributed by atoms with Crippen LogP contribution in [0.15, 0.2) is 4.99 Å². The second kappa shape index (κ2) is 6.80. The van der Waals surface area contributed by atoms with Crippen molar-refractivity contribution in [3.05, 3.63) is 0 Å². The fourth-order valence-corrected chi connectivity index (χ4v) is 0.139. The van der Waals surface area contributed by atoms with Crippen LogP contribution >= 0.6 is 0 Å². The summed E-state index contributed by atoms with van der Waals surface area (Å²) < 4.78 is 0. The minimum Gasteiger partial charge on any atom is -0.445 e. The molecule has 0 heterocycles. The molecule has 0 aliphatic heterocycles. The SMILES string of the molecule is CN(C)C=N[C-]=O.[Re]. The summed E-state index contributed by atoms with van der Waals surface area (Å²) in [5.41, 5.74) is 0. The average Bonchev–Trinajstić information content (AvgIpc) is 1.61. The van der Waals surface area contributed by atoms with E-state index in [1.807, 2.05) is 0 Å². The third-order valence-corrected chi connectivity index (χ3v) is 0.341. The van der Waals surface area contributed by atoms with Crippen molar-refractivity contribution in [1.29, 1.82) is 0 Å². The predicted octanol–water partition coefficient (Wildman–Crippen LogP) is -0.359. The van der Waals surface area contributed by atoms with Crippen LogP contribution in [-0.4, -0.2) is 31.7 Å². The summed E-state index contributed by atoms with van der Waals surface area (Å²) in [4.78, 5) is 14.2. The molecule has 1 amide bonds. The molecule has 0 aromatic heterocycles. The first-order chi connectivity index (χ1) is 3.27. The Balaban J connectivity index is 0. The van der Waals surface area contributed by atoms with E-state index in [0.29, 0.717) is 0 Å². The van der Waals surface area contributed by atoms with Gasteiger partial charge in [0.25, 0.3) is 0 Å². The maximum Gasteiger partial charge on any atom is 0.0907 e. The van der Waals surface area contributed by atoms with Crippen LogP contribution in [0.4, 0.5) is 0 Å². The van der Waals surface area contributed by atoms with Crippen molar-refractivity contribution >= 4 is 12.7 Å². The largest absolute Gasteiger partial charge is 0.445 e. The molecule has 0 rings (SSSR count). The maximum atomic E-state index is 9.36. The van der Waals surface area contributed by atoms with Gasteiger partial charge in [0.2, 0.25) is 0 Å². The summed E-state index contributed by atoms with van der Waals surface area (Å²) in [6.45, 7) is 0. The van der Waals surface area contributed by atoms with E-state index in [1.165, 1.54) is 12.7 Å². The number of amides is 1. The van der Waals surface area contributed by atoms with Gasteiger partial charge in [0.15, 0.2) is 0 Å². The molecule has 0 saturated carbocycles. The normalized spacial score (nSPS) is 8.25. The topological polar surface area (TPSA) is 32.7 Å². The minimum absolute atomic E-state index is 0. The second-order valence-corrected chi connectivity index (χ2v) is 1.30. The number of carbonyl (C=O) groups excluding carboxylic acids is 1. The van der Waals surface area contributed by atoms with Crippen LogP contribution < -0.4 is 0 Å². The summed E-state index contributed by atoms with van der Waals surface area (Å²) in [6.07, 6.45) is 2.76. The molecular weight excluding hydrogens is 278 g/mol. The van der Waals surface area contributed by atoms with E-state index < -0.39 is 0 Å². The molecule has 0 aliphatic carbocycles. The molecule has 0 aliphatic rings. The molecule has 1 radical (unpaired) electrons. The van der Waals surface area contributed by atoms with Crippen molar-refractivity contribution in [3.63, 3.8) is 0 Å². The molecule has 8 heavy (non-hydrogen) atoms. The van der Waals surface area contributed by atoms with Gasteiger partial charge < -0.3 is 14.7 Å². The van der Waals surface area contributed by atoms with Gasteiger partial charge in [0, 0.05) is 20.4 Å². The standard InChI is InChI=1S/C4H7N2O.Re/c1-6(2)3-5-4-7;/h3H,1-2H3;/q-1;. The van der Waals surface area contributed by atoms with Crippen LogP contribution in [0.3, 0.4) is 0 Å².